The zero-order valence-electron chi connectivity index (χ0n) is 28.0. The van der Waals surface area contributed by atoms with Crippen LogP contribution in [-0.4, -0.2) is 53.6 Å². The summed E-state index contributed by atoms with van der Waals surface area (Å²) in [5, 5.41) is 10.9. The number of carbonyl (C=O) groups excluding carboxylic acids is 2. The van der Waals surface area contributed by atoms with Gasteiger partial charge in [-0.3, -0.25) is 9.69 Å². The molecule has 1 saturated heterocycles. The van der Waals surface area contributed by atoms with Gasteiger partial charge in [-0.2, -0.15) is 0 Å². The Balaban J connectivity index is 1.36. The molecule has 7 rings (SSSR count). The minimum Gasteiger partial charge on any atom is -0.497 e. The summed E-state index contributed by atoms with van der Waals surface area (Å²) in [6.45, 7) is 4.73. The van der Waals surface area contributed by atoms with Crippen LogP contribution < -0.4 is 9.47 Å². The smallest absolute Gasteiger partial charge is 0.497 e. The van der Waals surface area contributed by atoms with Crippen LogP contribution >= 0.6 is 0 Å². The molecular weight excluding hydrogens is 635 g/mol. The van der Waals surface area contributed by atoms with Crippen LogP contribution in [0.4, 0.5) is 18.0 Å². The van der Waals surface area contributed by atoms with E-state index in [0.717, 1.165) is 24.0 Å². The number of hydrogen-bond acceptors (Lipinski definition) is 6. The van der Waals surface area contributed by atoms with Gasteiger partial charge in [-0.15, -0.1) is 13.2 Å². The monoisotopic (exact) mass is 677 g/mol. The summed E-state index contributed by atoms with van der Waals surface area (Å²) in [6.07, 6.45) is 0.887. The molecule has 1 N–H and O–H groups in total. The van der Waals surface area contributed by atoms with Crippen molar-refractivity contribution in [2.75, 3.05) is 13.7 Å². The molecule has 1 aliphatic heterocycles. The van der Waals surface area contributed by atoms with Gasteiger partial charge in [0.15, 0.2) is 5.78 Å². The summed E-state index contributed by atoms with van der Waals surface area (Å²) < 4.78 is 53.7. The van der Waals surface area contributed by atoms with Crippen molar-refractivity contribution >= 4 is 11.9 Å². The van der Waals surface area contributed by atoms with Crippen molar-refractivity contribution in [3.8, 4) is 11.5 Å². The fourth-order valence-electron chi connectivity index (χ4n) is 8.02. The highest BCUT2D eigenvalue weighted by atomic mass is 19.4. The summed E-state index contributed by atoms with van der Waals surface area (Å²) in [5.74, 6) is 0.0800. The Labute approximate surface area is 284 Å². The number of rotatable bonds is 6. The minimum absolute atomic E-state index is 0.119. The van der Waals surface area contributed by atoms with Crippen molar-refractivity contribution in [1.82, 2.24) is 4.90 Å². The Morgan fingerprint density at radius 3 is 2.43 bits per heavy atom. The quantitative estimate of drug-likeness (QED) is 0.208. The highest BCUT2D eigenvalue weighted by Crippen LogP contribution is 2.62. The first-order valence-corrected chi connectivity index (χ1v) is 16.8. The number of benzene rings is 3. The highest BCUT2D eigenvalue weighted by Gasteiger charge is 2.64. The molecule has 7 nitrogen and oxygen atoms in total. The van der Waals surface area contributed by atoms with E-state index in [4.69, 9.17) is 9.47 Å². The van der Waals surface area contributed by atoms with E-state index < -0.39 is 29.6 Å². The number of aliphatic hydroxyl groups excluding tert-OH is 1. The maximum atomic E-state index is 14.3. The molecule has 260 valence electrons. The third-order valence-electron chi connectivity index (χ3n) is 10.8. The zero-order chi connectivity index (χ0) is 35.0. The van der Waals surface area contributed by atoms with E-state index >= 15 is 0 Å². The predicted molar refractivity (Wildman–Crippen MR) is 178 cm³/mol. The van der Waals surface area contributed by atoms with Crippen LogP contribution in [0.15, 0.2) is 78.4 Å². The van der Waals surface area contributed by atoms with Gasteiger partial charge in [0.05, 0.1) is 19.8 Å². The van der Waals surface area contributed by atoms with E-state index in [1.54, 1.807) is 36.3 Å². The van der Waals surface area contributed by atoms with Gasteiger partial charge in [-0.25, -0.2) is 4.79 Å². The van der Waals surface area contributed by atoms with Crippen molar-refractivity contribution in [2.24, 2.45) is 5.41 Å². The van der Waals surface area contributed by atoms with Gasteiger partial charge in [-0.1, -0.05) is 42.8 Å². The molecule has 1 spiro atoms. The summed E-state index contributed by atoms with van der Waals surface area (Å²) in [7, 11) is 1.58. The molecule has 3 aromatic rings. The van der Waals surface area contributed by atoms with Gasteiger partial charge >= 0.3 is 12.5 Å². The van der Waals surface area contributed by atoms with Crippen LogP contribution in [0.5, 0.6) is 11.5 Å². The van der Waals surface area contributed by atoms with Crippen LogP contribution in [0.2, 0.25) is 0 Å². The zero-order valence-corrected chi connectivity index (χ0v) is 28.0. The van der Waals surface area contributed by atoms with Crippen LogP contribution in [-0.2, 0) is 17.7 Å². The van der Waals surface area contributed by atoms with Crippen molar-refractivity contribution in [1.29, 1.82) is 0 Å². The van der Waals surface area contributed by atoms with E-state index in [2.05, 4.69) is 24.7 Å². The van der Waals surface area contributed by atoms with Crippen LogP contribution in [0.3, 0.4) is 0 Å². The summed E-state index contributed by atoms with van der Waals surface area (Å²) in [6, 6.07) is 18.5. The average Bonchev–Trinajstić information content (AvgIpc) is 3.53. The summed E-state index contributed by atoms with van der Waals surface area (Å²) in [5.41, 5.74) is 3.32. The van der Waals surface area contributed by atoms with Gasteiger partial charge < -0.3 is 19.3 Å². The molecule has 3 aromatic carbocycles. The normalized spacial score (nSPS) is 25.8. The number of hydrogen-bond donors (Lipinski definition) is 1. The number of carbonyl (C=O) groups is 2. The lowest BCUT2D eigenvalue weighted by Gasteiger charge is -2.43. The predicted octanol–water partition coefficient (Wildman–Crippen LogP) is 8.52. The lowest BCUT2D eigenvalue weighted by molar-refractivity contribution is -0.274. The van der Waals surface area contributed by atoms with Crippen LogP contribution in [0.25, 0.3) is 0 Å². The SMILES string of the molecule is COc1ccc(C(=O)c2cc3ccc2C2CCC4(CN(Cc5ccc(OC(F)(F)F)cc5)C(=O)O4)C2(C)CCC=C(C)CCC(O)C3)cc1. The van der Waals surface area contributed by atoms with E-state index in [1.807, 2.05) is 18.2 Å². The standard InChI is InChI=1S/C39H42F3NO6/c1-25-5-4-19-37(2)34(18-20-38(37)24-43(36(46)49-38)23-26-7-13-31(14-8-26)48-39(40,41)42)32-17-9-27(21-29(44)12-6-25)22-33(32)35(45)28-10-15-30(47-3)16-11-28/h5,7-11,13-17,22,29,34,44H,4,6,12,18-21,23-24H2,1-3H3. The molecule has 2 bridgehead atoms. The Morgan fingerprint density at radius 1 is 1.02 bits per heavy atom. The number of fused-ring (bicyclic) bond motifs is 8. The molecule has 1 heterocycles. The maximum Gasteiger partial charge on any atom is 0.573 e. The van der Waals surface area contributed by atoms with Crippen molar-refractivity contribution < 1.29 is 42.1 Å². The van der Waals surface area contributed by atoms with Crippen molar-refractivity contribution in [3.05, 3.63) is 106 Å². The molecule has 49 heavy (non-hydrogen) atoms. The second kappa shape index (κ2) is 13.5. The molecule has 4 atom stereocenters. The molecule has 10 heteroatoms. The molecule has 3 aliphatic carbocycles. The number of nitrogens with zero attached hydrogens (tertiary/aromatic N) is 1. The number of aliphatic hydroxyl groups is 1. The van der Waals surface area contributed by atoms with E-state index in [1.165, 1.54) is 29.8 Å². The Bertz CT molecular complexity index is 1720. The van der Waals surface area contributed by atoms with Gasteiger partial charge in [0, 0.05) is 23.1 Å². The number of alkyl halides is 3. The van der Waals surface area contributed by atoms with Crippen molar-refractivity contribution in [3.63, 3.8) is 0 Å². The fraction of sp³-hybridized carbons (Fsp3) is 0.436. The first kappa shape index (κ1) is 34.5. The van der Waals surface area contributed by atoms with Crippen molar-refractivity contribution in [2.45, 2.75) is 89.3 Å². The van der Waals surface area contributed by atoms with E-state index in [0.29, 0.717) is 61.1 Å². The largest absolute Gasteiger partial charge is 0.573 e. The molecule has 0 radical (unpaired) electrons. The number of ketones is 1. The second-order valence-corrected chi connectivity index (χ2v) is 13.9. The highest BCUT2D eigenvalue weighted by molar-refractivity contribution is 6.10. The Kier molecular flexibility index (Phi) is 9.55. The first-order chi connectivity index (χ1) is 23.3. The third-order valence-corrected chi connectivity index (χ3v) is 10.8. The molecule has 1 saturated carbocycles. The number of amides is 1. The Morgan fingerprint density at radius 2 is 1.73 bits per heavy atom. The molecule has 2 fully saturated rings. The fourth-order valence-corrected chi connectivity index (χ4v) is 8.02. The molecule has 1 amide bonds. The number of halogens is 3. The Hall–Kier alpha value is -4.31. The molecule has 4 aliphatic rings. The first-order valence-electron chi connectivity index (χ1n) is 16.8. The average molecular weight is 678 g/mol. The van der Waals surface area contributed by atoms with E-state index in [-0.39, 0.29) is 24.0 Å². The van der Waals surface area contributed by atoms with E-state index in [9.17, 15) is 27.9 Å². The lowest BCUT2D eigenvalue weighted by Crippen LogP contribution is -2.48. The van der Waals surface area contributed by atoms with Gasteiger partial charge in [-0.05, 0) is 117 Å². The second-order valence-electron chi connectivity index (χ2n) is 13.9. The number of ether oxygens (including phenoxy) is 3. The maximum absolute atomic E-state index is 14.3. The van der Waals surface area contributed by atoms with Gasteiger partial charge in [0.1, 0.15) is 17.1 Å². The van der Waals surface area contributed by atoms with Crippen LogP contribution in [0.1, 0.15) is 90.9 Å². The van der Waals surface area contributed by atoms with Gasteiger partial charge in [0.25, 0.3) is 0 Å². The third kappa shape index (κ3) is 7.20. The topological polar surface area (TPSA) is 85.3 Å². The minimum atomic E-state index is -4.79. The lowest BCUT2D eigenvalue weighted by atomic mass is 9.64. The summed E-state index contributed by atoms with van der Waals surface area (Å²) in [4.78, 5) is 29.4. The van der Waals surface area contributed by atoms with Crippen LogP contribution in [0, 0.1) is 5.41 Å². The summed E-state index contributed by atoms with van der Waals surface area (Å²) >= 11 is 0. The molecule has 0 aromatic heterocycles. The number of methoxy groups -OCH3 is 1. The number of allylic oxidation sites excluding steroid dienone is 2. The molecular formula is C39H42F3NO6. The molecule has 4 unspecified atom stereocenters. The van der Waals surface area contributed by atoms with Gasteiger partial charge in [0.2, 0.25) is 0 Å².